The maximum atomic E-state index is 5.46. The van der Waals surface area contributed by atoms with Crippen LogP contribution in [0.4, 0.5) is 0 Å². The second-order valence-electron chi connectivity index (χ2n) is 5.68. The zero-order chi connectivity index (χ0) is 19.9. The van der Waals surface area contributed by atoms with Crippen molar-refractivity contribution in [3.8, 4) is 22.8 Å². The first-order chi connectivity index (χ1) is 13.7. The molecule has 0 bridgehead atoms. The fourth-order valence-corrected chi connectivity index (χ4v) is 3.89. The highest BCUT2D eigenvalue weighted by Gasteiger charge is 2.10. The number of hydrogen-bond acceptors (Lipinski definition) is 5. The Kier molecular flexibility index (Phi) is 6.84. The summed E-state index contributed by atoms with van der Waals surface area (Å²) in [5.74, 6) is 1.42. The Morgan fingerprint density at radius 2 is 2.00 bits per heavy atom. The lowest BCUT2D eigenvalue weighted by Gasteiger charge is -2.08. The average molecular weight is 458 g/mol. The maximum absolute atomic E-state index is 5.46. The summed E-state index contributed by atoms with van der Waals surface area (Å²) in [5.41, 5.74) is 2.83. The molecule has 0 aliphatic carbocycles. The zero-order valence-corrected chi connectivity index (χ0v) is 18.0. The van der Waals surface area contributed by atoms with Gasteiger partial charge in [0.15, 0.2) is 0 Å². The van der Waals surface area contributed by atoms with Crippen molar-refractivity contribution < 1.29 is 9.47 Å². The number of halogens is 1. The normalized spacial score (nSPS) is 11.8. The summed E-state index contributed by atoms with van der Waals surface area (Å²) in [7, 11) is 3.25. The van der Waals surface area contributed by atoms with E-state index < -0.39 is 0 Å². The lowest BCUT2D eigenvalue weighted by Crippen LogP contribution is -2.12. The summed E-state index contributed by atoms with van der Waals surface area (Å²) in [5, 5.41) is 6.75. The smallest absolute Gasteiger partial charge is 0.206 e. The molecule has 0 atom stereocenters. The highest BCUT2D eigenvalue weighted by Crippen LogP contribution is 2.28. The predicted octanol–water partition coefficient (Wildman–Crippen LogP) is 4.97. The number of aromatic nitrogens is 1. The molecule has 2 aromatic carbocycles. The molecule has 0 fully saturated rings. The molecule has 0 spiro atoms. The van der Waals surface area contributed by atoms with Gasteiger partial charge in [-0.15, -0.1) is 17.9 Å². The topological polar surface area (TPSA) is 48.1 Å². The number of rotatable bonds is 7. The first-order valence-electron chi connectivity index (χ1n) is 8.51. The fraction of sp³-hybridized carbons (Fsp3) is 0.143. The summed E-state index contributed by atoms with van der Waals surface area (Å²) in [6, 6.07) is 13.7. The van der Waals surface area contributed by atoms with E-state index in [-0.39, 0.29) is 0 Å². The Morgan fingerprint density at radius 1 is 1.18 bits per heavy atom. The number of benzene rings is 2. The van der Waals surface area contributed by atoms with Crippen LogP contribution >= 0.6 is 27.3 Å². The van der Waals surface area contributed by atoms with Gasteiger partial charge in [-0.1, -0.05) is 40.2 Å². The summed E-state index contributed by atoms with van der Waals surface area (Å²) in [4.78, 5) is 5.35. The van der Waals surface area contributed by atoms with Crippen LogP contribution in [0.1, 0.15) is 5.56 Å². The summed E-state index contributed by atoms with van der Waals surface area (Å²) in [6.45, 7) is 4.27. The van der Waals surface area contributed by atoms with Crippen molar-refractivity contribution in [2.45, 2.75) is 0 Å². The third kappa shape index (κ3) is 4.43. The maximum Gasteiger partial charge on any atom is 0.206 e. The van der Waals surface area contributed by atoms with E-state index in [9.17, 15) is 0 Å². The van der Waals surface area contributed by atoms with Gasteiger partial charge in [0.2, 0.25) is 4.80 Å². The van der Waals surface area contributed by atoms with Crippen molar-refractivity contribution in [2.75, 3.05) is 20.8 Å². The summed E-state index contributed by atoms with van der Waals surface area (Å²) < 4.78 is 13.5. The van der Waals surface area contributed by atoms with Crippen molar-refractivity contribution in [2.24, 2.45) is 10.1 Å². The summed E-state index contributed by atoms with van der Waals surface area (Å²) >= 11 is 5.16. The lowest BCUT2D eigenvalue weighted by atomic mass is 10.2. The standard InChI is InChI=1S/C21H20BrN3O2S/c1-4-11-23-21-25(19(14-28-21)17-7-5-6-8-18(17)22)24-13-15-9-10-16(26-2)12-20(15)27-3/h4-10,12-14H,1,11H2,2-3H3. The van der Waals surface area contributed by atoms with Gasteiger partial charge in [-0.05, 0) is 18.2 Å². The number of methoxy groups -OCH3 is 2. The van der Waals surface area contributed by atoms with E-state index >= 15 is 0 Å². The van der Waals surface area contributed by atoms with E-state index in [2.05, 4.69) is 27.5 Å². The first-order valence-corrected chi connectivity index (χ1v) is 10.2. The van der Waals surface area contributed by atoms with E-state index in [1.165, 1.54) is 11.3 Å². The number of nitrogens with zero attached hydrogens (tertiary/aromatic N) is 3. The zero-order valence-electron chi connectivity index (χ0n) is 15.6. The SMILES string of the molecule is C=CCN=c1scc(-c2ccccc2Br)n1N=Cc1ccc(OC)cc1OC. The number of thiazole rings is 1. The predicted molar refractivity (Wildman–Crippen MR) is 119 cm³/mol. The van der Waals surface area contributed by atoms with Crippen LogP contribution in [0.5, 0.6) is 11.5 Å². The first kappa shape index (κ1) is 20.1. The van der Waals surface area contributed by atoms with E-state index in [1.54, 1.807) is 26.5 Å². The monoisotopic (exact) mass is 457 g/mol. The van der Waals surface area contributed by atoms with Crippen molar-refractivity contribution in [1.29, 1.82) is 0 Å². The minimum atomic E-state index is 0.525. The molecule has 1 heterocycles. The molecule has 3 aromatic rings. The van der Waals surface area contributed by atoms with E-state index in [0.29, 0.717) is 12.3 Å². The minimum Gasteiger partial charge on any atom is -0.497 e. The molecule has 144 valence electrons. The molecule has 7 heteroatoms. The van der Waals surface area contributed by atoms with E-state index in [0.717, 1.165) is 31.8 Å². The third-order valence-electron chi connectivity index (χ3n) is 3.94. The molecule has 0 N–H and O–H groups in total. The van der Waals surface area contributed by atoms with Gasteiger partial charge in [0.05, 0.1) is 32.7 Å². The van der Waals surface area contributed by atoms with Crippen LogP contribution in [-0.4, -0.2) is 31.7 Å². The van der Waals surface area contributed by atoms with Gasteiger partial charge in [-0.3, -0.25) is 4.99 Å². The lowest BCUT2D eigenvalue weighted by molar-refractivity contribution is 0.394. The molecular weight excluding hydrogens is 438 g/mol. The van der Waals surface area contributed by atoms with Crippen LogP contribution in [0.2, 0.25) is 0 Å². The third-order valence-corrected chi connectivity index (χ3v) is 5.49. The molecule has 0 saturated carbocycles. The molecule has 1 aromatic heterocycles. The second kappa shape index (κ2) is 9.52. The molecule has 5 nitrogen and oxygen atoms in total. The van der Waals surface area contributed by atoms with Gasteiger partial charge >= 0.3 is 0 Å². The van der Waals surface area contributed by atoms with Crippen molar-refractivity contribution in [3.05, 3.63) is 75.3 Å². The van der Waals surface area contributed by atoms with Crippen molar-refractivity contribution in [1.82, 2.24) is 4.68 Å². The minimum absolute atomic E-state index is 0.525. The molecule has 3 rings (SSSR count). The van der Waals surface area contributed by atoms with Gasteiger partial charge in [0.1, 0.15) is 11.5 Å². The Morgan fingerprint density at radius 3 is 2.71 bits per heavy atom. The van der Waals surface area contributed by atoms with Crippen LogP contribution in [0.25, 0.3) is 11.3 Å². The van der Waals surface area contributed by atoms with Crippen LogP contribution in [-0.2, 0) is 0 Å². The average Bonchev–Trinajstić information content (AvgIpc) is 3.13. The second-order valence-corrected chi connectivity index (χ2v) is 7.37. The van der Waals surface area contributed by atoms with Crippen LogP contribution < -0.4 is 14.3 Å². The Balaban J connectivity index is 2.10. The molecule has 0 amide bonds. The molecule has 0 aliphatic heterocycles. The number of ether oxygens (including phenoxy) is 2. The van der Waals surface area contributed by atoms with Crippen LogP contribution in [0, 0.1) is 0 Å². The highest BCUT2D eigenvalue weighted by molar-refractivity contribution is 9.10. The fourth-order valence-electron chi connectivity index (χ4n) is 2.56. The largest absolute Gasteiger partial charge is 0.497 e. The molecule has 0 saturated heterocycles. The summed E-state index contributed by atoms with van der Waals surface area (Å²) in [6.07, 6.45) is 3.52. The van der Waals surface area contributed by atoms with E-state index in [4.69, 9.17) is 14.6 Å². The molecule has 0 unspecified atom stereocenters. The number of hydrogen-bond donors (Lipinski definition) is 0. The van der Waals surface area contributed by atoms with E-state index in [1.807, 2.05) is 52.5 Å². The van der Waals surface area contributed by atoms with Gasteiger partial charge in [-0.25, -0.2) is 4.68 Å². The quantitative estimate of drug-likeness (QED) is 0.371. The Bertz CT molecular complexity index is 1070. The molecule has 0 aliphatic rings. The van der Waals surface area contributed by atoms with Crippen LogP contribution in [0.3, 0.4) is 0 Å². The Labute approximate surface area is 176 Å². The van der Waals surface area contributed by atoms with Crippen molar-refractivity contribution in [3.63, 3.8) is 0 Å². The van der Waals surface area contributed by atoms with Crippen molar-refractivity contribution >= 4 is 33.5 Å². The molecule has 28 heavy (non-hydrogen) atoms. The molecular formula is C21H20BrN3O2S. The molecule has 0 radical (unpaired) electrons. The highest BCUT2D eigenvalue weighted by atomic mass is 79.9. The van der Waals surface area contributed by atoms with Crippen LogP contribution in [0.15, 0.2) is 75.1 Å². The van der Waals surface area contributed by atoms with Gasteiger partial charge in [-0.2, -0.15) is 5.10 Å². The van der Waals surface area contributed by atoms with Gasteiger partial charge in [0, 0.05) is 27.0 Å². The van der Waals surface area contributed by atoms with Gasteiger partial charge < -0.3 is 9.47 Å². The van der Waals surface area contributed by atoms with Gasteiger partial charge in [0.25, 0.3) is 0 Å². The Hall–Kier alpha value is -2.64.